The average Bonchev–Trinajstić information content (AvgIpc) is 3.21. The van der Waals surface area contributed by atoms with E-state index < -0.39 is 0 Å². The van der Waals surface area contributed by atoms with Crippen molar-refractivity contribution < 1.29 is 18.9 Å². The van der Waals surface area contributed by atoms with Gasteiger partial charge in [0, 0.05) is 44.4 Å². The van der Waals surface area contributed by atoms with Crippen LogP contribution in [0.25, 0.3) is 0 Å². The van der Waals surface area contributed by atoms with Crippen molar-refractivity contribution in [3.8, 4) is 0 Å². The van der Waals surface area contributed by atoms with Crippen LogP contribution in [0.4, 0.5) is 4.79 Å². The van der Waals surface area contributed by atoms with Crippen LogP contribution in [0.2, 0.25) is 0 Å². The van der Waals surface area contributed by atoms with Crippen LogP contribution in [0.3, 0.4) is 0 Å². The summed E-state index contributed by atoms with van der Waals surface area (Å²) in [5, 5.41) is 7.93. The summed E-state index contributed by atoms with van der Waals surface area (Å²) in [4.78, 5) is 32.6. The highest BCUT2D eigenvalue weighted by Gasteiger charge is 2.60. The predicted octanol–water partition coefficient (Wildman–Crippen LogP) is 5.73. The molecule has 7 heteroatoms. The van der Waals surface area contributed by atoms with Gasteiger partial charge >= 0.3 is 6.09 Å². The zero-order valence-electron chi connectivity index (χ0n) is 26.2. The van der Waals surface area contributed by atoms with Crippen LogP contribution in [0, 0.1) is 40.4 Å². The summed E-state index contributed by atoms with van der Waals surface area (Å²) in [6.07, 6.45) is 9.74. The fourth-order valence-corrected chi connectivity index (χ4v) is 9.26. The Labute approximate surface area is 238 Å². The second kappa shape index (κ2) is 11.8. The molecule has 0 spiro atoms. The molecule has 0 bridgehead atoms. The molecular weight excluding hydrogens is 488 g/mol. The zero-order chi connectivity index (χ0) is 28.6. The lowest BCUT2D eigenvalue weighted by molar-refractivity contribution is -0.869. The highest BCUT2D eigenvalue weighted by atomic mass is 16.7. The Bertz CT molecular complexity index is 927. The smallest absolute Gasteiger partial charge is 0.330 e. The lowest BCUT2D eigenvalue weighted by Crippen LogP contribution is -2.53. The number of Topliss-reactive ketones (excluding diaryl/α,β-unsaturated/α-hetero) is 1. The van der Waals surface area contributed by atoms with Crippen molar-refractivity contribution in [2.45, 2.75) is 98.4 Å². The van der Waals surface area contributed by atoms with Crippen molar-refractivity contribution >= 4 is 17.6 Å². The number of fused-ring (bicyclic) bond motifs is 5. The van der Waals surface area contributed by atoms with Crippen LogP contribution in [-0.2, 0) is 9.63 Å². The fourth-order valence-electron chi connectivity index (χ4n) is 9.26. The molecule has 222 valence electrons. The highest BCUT2D eigenvalue weighted by Crippen LogP contribution is 2.67. The number of quaternary nitrogens is 1. The van der Waals surface area contributed by atoms with Crippen LogP contribution in [0.1, 0.15) is 92.4 Å². The fraction of sp³-hybridized carbons (Fsp3) is 0.906. The average molecular weight is 546 g/mol. The van der Waals surface area contributed by atoms with E-state index in [2.05, 4.69) is 52.4 Å². The number of hydrogen-bond acceptors (Lipinski definition) is 5. The van der Waals surface area contributed by atoms with E-state index in [1.165, 1.54) is 32.1 Å². The molecule has 0 unspecified atom stereocenters. The number of hydrogen-bond donors (Lipinski definition) is 1. The molecule has 4 saturated carbocycles. The first-order chi connectivity index (χ1) is 18.3. The topological polar surface area (TPSA) is 71.0 Å². The van der Waals surface area contributed by atoms with Gasteiger partial charge in [-0.05, 0) is 100 Å². The van der Waals surface area contributed by atoms with Crippen LogP contribution in [0.15, 0.2) is 5.16 Å². The molecule has 4 aliphatic rings. The maximum atomic E-state index is 13.0. The molecule has 1 N–H and O–H groups in total. The Balaban J connectivity index is 1.35. The first-order valence-electron chi connectivity index (χ1n) is 15.8. The van der Waals surface area contributed by atoms with E-state index in [-0.39, 0.29) is 17.6 Å². The van der Waals surface area contributed by atoms with E-state index in [9.17, 15) is 9.59 Å². The van der Waals surface area contributed by atoms with Crippen LogP contribution < -0.4 is 5.32 Å². The minimum absolute atomic E-state index is 0.0587. The van der Waals surface area contributed by atoms with Gasteiger partial charge in [0.15, 0.2) is 0 Å². The van der Waals surface area contributed by atoms with Gasteiger partial charge in [0.2, 0.25) is 0 Å². The van der Waals surface area contributed by atoms with Gasteiger partial charge in [-0.2, -0.15) is 0 Å². The Morgan fingerprint density at radius 2 is 1.77 bits per heavy atom. The van der Waals surface area contributed by atoms with Crippen molar-refractivity contribution in [2.24, 2.45) is 45.6 Å². The second-order valence-corrected chi connectivity index (χ2v) is 15.2. The maximum absolute atomic E-state index is 13.0. The third kappa shape index (κ3) is 6.39. The number of amides is 1. The Morgan fingerprint density at radius 1 is 1.05 bits per heavy atom. The molecule has 39 heavy (non-hydrogen) atoms. The molecule has 7 nitrogen and oxygen atoms in total. The monoisotopic (exact) mass is 545 g/mol. The minimum Gasteiger partial charge on any atom is -0.330 e. The van der Waals surface area contributed by atoms with Crippen molar-refractivity contribution in [1.29, 1.82) is 0 Å². The molecule has 0 radical (unpaired) electrons. The predicted molar refractivity (Wildman–Crippen MR) is 157 cm³/mol. The first-order valence-corrected chi connectivity index (χ1v) is 15.8. The Morgan fingerprint density at radius 3 is 2.46 bits per heavy atom. The van der Waals surface area contributed by atoms with Gasteiger partial charge in [0.1, 0.15) is 5.78 Å². The molecule has 0 aromatic rings. The van der Waals surface area contributed by atoms with E-state index in [4.69, 9.17) is 4.84 Å². The Hall–Kier alpha value is -1.47. The maximum Gasteiger partial charge on any atom is 0.436 e. The summed E-state index contributed by atoms with van der Waals surface area (Å²) in [6, 6.07) is 0.0587. The van der Waals surface area contributed by atoms with E-state index in [1.807, 2.05) is 13.8 Å². The molecule has 0 heterocycles. The molecule has 0 saturated heterocycles. The van der Waals surface area contributed by atoms with E-state index in [1.54, 1.807) is 4.90 Å². The van der Waals surface area contributed by atoms with Gasteiger partial charge in [-0.3, -0.25) is 9.63 Å². The normalized spacial score (nSPS) is 36.8. The van der Waals surface area contributed by atoms with E-state index in [0.29, 0.717) is 35.5 Å². The van der Waals surface area contributed by atoms with Crippen molar-refractivity contribution in [1.82, 2.24) is 10.2 Å². The largest absolute Gasteiger partial charge is 0.436 e. The minimum atomic E-state index is -0.348. The molecule has 7 atom stereocenters. The van der Waals surface area contributed by atoms with Crippen molar-refractivity contribution in [2.75, 3.05) is 47.3 Å². The molecule has 4 aliphatic carbocycles. The third-order valence-corrected chi connectivity index (χ3v) is 11.6. The van der Waals surface area contributed by atoms with Crippen molar-refractivity contribution in [3.63, 3.8) is 0 Å². The second-order valence-electron chi connectivity index (χ2n) is 15.2. The van der Waals surface area contributed by atoms with Crippen LogP contribution in [-0.4, -0.2) is 80.3 Å². The summed E-state index contributed by atoms with van der Waals surface area (Å²) in [7, 11) is 6.55. The summed E-state index contributed by atoms with van der Waals surface area (Å²) >= 11 is 0. The summed E-state index contributed by atoms with van der Waals surface area (Å²) in [5.74, 6) is 3.69. The number of oxime groups is 1. The SMILES string of the molecule is C/C(=N\OC(=O)N(CCNCC[N+](C)(C)C)C(C)C)[C@H]1CC[C@H]2[C@@H]3CC[C@@H]4CC(=O)CC[C@]4(C)[C@H]3CC[C@]12C. The number of ketones is 1. The lowest BCUT2D eigenvalue weighted by atomic mass is 9.44. The van der Waals surface area contributed by atoms with Gasteiger partial charge in [0.05, 0.1) is 33.4 Å². The molecule has 4 fully saturated rings. The lowest BCUT2D eigenvalue weighted by Gasteiger charge is -2.60. The van der Waals surface area contributed by atoms with Crippen LogP contribution in [0.5, 0.6) is 0 Å². The number of likely N-dealkylation sites (N-methyl/N-ethyl adjacent to an activating group) is 1. The molecule has 0 aliphatic heterocycles. The number of nitrogens with one attached hydrogen (secondary N) is 1. The highest BCUT2D eigenvalue weighted by molar-refractivity contribution is 5.85. The van der Waals surface area contributed by atoms with Crippen LogP contribution >= 0.6 is 0 Å². The standard InChI is InChI=1S/C32H57N4O3/c1-22(2)35(19-17-33-18-20-36(6,7)8)30(38)39-34-23(3)27-11-12-28-26-10-9-24-21-25(37)13-15-31(24,4)29(26)14-16-32(27,28)5/h22,24,26-29,33H,9-21H2,1-8H3/q+1/b34-23+/t24-,26+,27-,28+,29+,31+,32-/m1/s1. The van der Waals surface area contributed by atoms with Gasteiger partial charge in [-0.15, -0.1) is 0 Å². The number of carbonyl (C=O) groups is 2. The molecule has 4 rings (SSSR count). The van der Waals surface area contributed by atoms with E-state index in [0.717, 1.165) is 67.3 Å². The zero-order valence-corrected chi connectivity index (χ0v) is 26.2. The van der Waals surface area contributed by atoms with Gasteiger partial charge < -0.3 is 14.7 Å². The first kappa shape index (κ1) is 30.5. The summed E-state index contributed by atoms with van der Waals surface area (Å²) in [6.45, 7) is 14.5. The quantitative estimate of drug-likeness (QED) is 0.132. The molecule has 0 aromatic carbocycles. The Kier molecular flexibility index (Phi) is 9.22. The number of rotatable bonds is 9. The van der Waals surface area contributed by atoms with Gasteiger partial charge in [-0.25, -0.2) is 4.79 Å². The van der Waals surface area contributed by atoms with Gasteiger partial charge in [-0.1, -0.05) is 19.0 Å². The summed E-state index contributed by atoms with van der Waals surface area (Å²) in [5.41, 5.74) is 1.55. The van der Waals surface area contributed by atoms with Crippen molar-refractivity contribution in [3.05, 3.63) is 0 Å². The summed E-state index contributed by atoms with van der Waals surface area (Å²) < 4.78 is 0.917. The number of carbonyl (C=O) groups excluding carboxylic acids is 2. The molecule has 1 amide bonds. The third-order valence-electron chi connectivity index (χ3n) is 11.6. The van der Waals surface area contributed by atoms with Gasteiger partial charge in [0.25, 0.3) is 0 Å². The molecule has 0 aromatic heterocycles. The number of nitrogens with zero attached hydrogens (tertiary/aromatic N) is 3. The van der Waals surface area contributed by atoms with E-state index >= 15 is 0 Å². The molecular formula is C32H57N4O3+.